The van der Waals surface area contributed by atoms with Gasteiger partial charge in [-0.3, -0.25) is 0 Å². The van der Waals surface area contributed by atoms with Crippen LogP contribution in [0.4, 0.5) is 10.5 Å². The summed E-state index contributed by atoms with van der Waals surface area (Å²) in [5.41, 5.74) is 0.771. The number of carbonyl (C=O) groups is 1. The van der Waals surface area contributed by atoms with E-state index in [1.807, 2.05) is 16.8 Å². The number of carbonyl (C=O) groups excluding carboxylic acids is 1. The molecule has 5 heteroatoms. The van der Waals surface area contributed by atoms with Gasteiger partial charge in [-0.15, -0.1) is 0 Å². The fourth-order valence-corrected chi connectivity index (χ4v) is 1.34. The third-order valence-electron chi connectivity index (χ3n) is 1.34. The molecule has 0 saturated heterocycles. The Balaban J connectivity index is 2.26. The molecule has 1 heterocycles. The number of amides is 2. The van der Waals surface area contributed by atoms with Crippen LogP contribution in [0.15, 0.2) is 16.8 Å². The Morgan fingerprint density at radius 3 is 3.08 bits per heavy atom. The number of nitrogens with one attached hydrogen (secondary N) is 2. The molecule has 0 fully saturated rings. The van der Waals surface area contributed by atoms with Gasteiger partial charge in [-0.1, -0.05) is 0 Å². The summed E-state index contributed by atoms with van der Waals surface area (Å²) in [5, 5.41) is 17.8. The summed E-state index contributed by atoms with van der Waals surface area (Å²) in [4.78, 5) is 11.1. The molecule has 3 N–H and O–H groups in total. The molecular formula is C8H12N2O2S. The highest BCUT2D eigenvalue weighted by atomic mass is 32.1. The zero-order valence-corrected chi connectivity index (χ0v) is 8.10. The van der Waals surface area contributed by atoms with Crippen LogP contribution in [0, 0.1) is 0 Å². The van der Waals surface area contributed by atoms with Gasteiger partial charge >= 0.3 is 6.03 Å². The molecule has 0 aliphatic carbocycles. The Hall–Kier alpha value is -1.07. The molecule has 0 bridgehead atoms. The van der Waals surface area contributed by atoms with E-state index in [0.29, 0.717) is 0 Å². The molecule has 13 heavy (non-hydrogen) atoms. The van der Waals surface area contributed by atoms with Crippen molar-refractivity contribution >= 4 is 23.1 Å². The van der Waals surface area contributed by atoms with E-state index in [9.17, 15) is 4.79 Å². The minimum Gasteiger partial charge on any atom is -0.392 e. The van der Waals surface area contributed by atoms with Crippen LogP contribution in [0.5, 0.6) is 0 Å². The summed E-state index contributed by atoms with van der Waals surface area (Å²) in [6.45, 7) is 1.88. The van der Waals surface area contributed by atoms with Crippen molar-refractivity contribution < 1.29 is 9.90 Å². The fourth-order valence-electron chi connectivity index (χ4n) is 0.751. The maximum atomic E-state index is 11.1. The summed E-state index contributed by atoms with van der Waals surface area (Å²) in [7, 11) is 0. The first-order chi connectivity index (χ1) is 6.18. The van der Waals surface area contributed by atoms with Crippen molar-refractivity contribution in [2.45, 2.75) is 13.0 Å². The molecule has 0 aliphatic heterocycles. The molecule has 1 atom stereocenters. The van der Waals surface area contributed by atoms with Crippen LogP contribution >= 0.6 is 11.3 Å². The predicted molar refractivity (Wildman–Crippen MR) is 53.0 cm³/mol. The smallest absolute Gasteiger partial charge is 0.319 e. The average Bonchev–Trinajstić information content (AvgIpc) is 2.53. The standard InChI is InChI=1S/C8H12N2O2S/c1-6(11)4-9-8(12)10-7-2-3-13-5-7/h2-3,5-6,11H,4H2,1H3,(H2,9,10,12). The lowest BCUT2D eigenvalue weighted by Gasteiger charge is -2.07. The molecule has 0 spiro atoms. The first-order valence-electron chi connectivity index (χ1n) is 3.93. The molecule has 0 aromatic carbocycles. The van der Waals surface area contributed by atoms with Crippen molar-refractivity contribution in [2.75, 3.05) is 11.9 Å². The van der Waals surface area contributed by atoms with Crippen molar-refractivity contribution in [3.63, 3.8) is 0 Å². The lowest BCUT2D eigenvalue weighted by Crippen LogP contribution is -2.33. The second-order valence-electron chi connectivity index (χ2n) is 2.70. The van der Waals surface area contributed by atoms with E-state index in [1.54, 1.807) is 6.92 Å². The number of thiophene rings is 1. The van der Waals surface area contributed by atoms with Crippen LogP contribution in [0.2, 0.25) is 0 Å². The second kappa shape index (κ2) is 4.84. The number of urea groups is 1. The van der Waals surface area contributed by atoms with Gasteiger partial charge in [0.2, 0.25) is 0 Å². The van der Waals surface area contributed by atoms with E-state index in [-0.39, 0.29) is 12.6 Å². The number of anilines is 1. The van der Waals surface area contributed by atoms with Crippen LogP contribution in [0.1, 0.15) is 6.92 Å². The Labute approximate surface area is 80.6 Å². The van der Waals surface area contributed by atoms with Gasteiger partial charge < -0.3 is 15.7 Å². The van der Waals surface area contributed by atoms with E-state index < -0.39 is 6.10 Å². The first-order valence-corrected chi connectivity index (χ1v) is 4.88. The average molecular weight is 200 g/mol. The molecule has 0 saturated carbocycles. The van der Waals surface area contributed by atoms with Crippen molar-refractivity contribution in [3.8, 4) is 0 Å². The Morgan fingerprint density at radius 1 is 1.77 bits per heavy atom. The molecule has 2 amide bonds. The Kier molecular flexibility index (Phi) is 3.72. The van der Waals surface area contributed by atoms with E-state index in [1.165, 1.54) is 11.3 Å². The lowest BCUT2D eigenvalue weighted by atomic mass is 10.4. The molecule has 1 rings (SSSR count). The molecule has 1 aromatic rings. The highest BCUT2D eigenvalue weighted by molar-refractivity contribution is 7.08. The topological polar surface area (TPSA) is 61.4 Å². The van der Waals surface area contributed by atoms with E-state index >= 15 is 0 Å². The summed E-state index contributed by atoms with van der Waals surface area (Å²) < 4.78 is 0. The van der Waals surface area contributed by atoms with Crippen molar-refractivity contribution in [1.82, 2.24) is 5.32 Å². The van der Waals surface area contributed by atoms with Crippen LogP contribution < -0.4 is 10.6 Å². The molecule has 4 nitrogen and oxygen atoms in total. The van der Waals surface area contributed by atoms with Crippen molar-refractivity contribution in [1.29, 1.82) is 0 Å². The van der Waals surface area contributed by atoms with Gasteiger partial charge in [-0.25, -0.2) is 4.79 Å². The van der Waals surface area contributed by atoms with Crippen LogP contribution in [-0.4, -0.2) is 23.8 Å². The first kappa shape index (κ1) is 10.0. The molecule has 1 unspecified atom stereocenters. The van der Waals surface area contributed by atoms with Gasteiger partial charge in [0, 0.05) is 11.9 Å². The Morgan fingerprint density at radius 2 is 2.54 bits per heavy atom. The van der Waals surface area contributed by atoms with Crippen LogP contribution in [0.25, 0.3) is 0 Å². The van der Waals surface area contributed by atoms with Crippen LogP contribution in [-0.2, 0) is 0 Å². The number of aliphatic hydroxyl groups excluding tert-OH is 1. The van der Waals surface area contributed by atoms with Crippen LogP contribution in [0.3, 0.4) is 0 Å². The van der Waals surface area contributed by atoms with Gasteiger partial charge in [0.1, 0.15) is 0 Å². The summed E-state index contributed by atoms with van der Waals surface area (Å²) >= 11 is 1.51. The maximum Gasteiger partial charge on any atom is 0.319 e. The van der Waals surface area contributed by atoms with E-state index in [4.69, 9.17) is 5.11 Å². The second-order valence-corrected chi connectivity index (χ2v) is 3.48. The maximum absolute atomic E-state index is 11.1. The van der Waals surface area contributed by atoms with Gasteiger partial charge in [0.15, 0.2) is 0 Å². The monoisotopic (exact) mass is 200 g/mol. The molecule has 72 valence electrons. The zero-order valence-electron chi connectivity index (χ0n) is 7.28. The zero-order chi connectivity index (χ0) is 9.68. The highest BCUT2D eigenvalue weighted by Crippen LogP contribution is 2.10. The van der Waals surface area contributed by atoms with Gasteiger partial charge in [-0.2, -0.15) is 11.3 Å². The number of hydrogen-bond acceptors (Lipinski definition) is 3. The van der Waals surface area contributed by atoms with E-state index in [0.717, 1.165) is 5.69 Å². The summed E-state index contributed by atoms with van der Waals surface area (Å²) in [6, 6.07) is 1.52. The molecule has 0 aliphatic rings. The highest BCUT2D eigenvalue weighted by Gasteiger charge is 2.02. The van der Waals surface area contributed by atoms with Gasteiger partial charge in [0.25, 0.3) is 0 Å². The van der Waals surface area contributed by atoms with E-state index in [2.05, 4.69) is 10.6 Å². The van der Waals surface area contributed by atoms with Gasteiger partial charge in [0.05, 0.1) is 11.8 Å². The molecule has 1 aromatic heterocycles. The molecular weight excluding hydrogens is 188 g/mol. The summed E-state index contributed by atoms with van der Waals surface area (Å²) in [6.07, 6.45) is -0.520. The number of rotatable bonds is 3. The van der Waals surface area contributed by atoms with Crippen molar-refractivity contribution in [2.24, 2.45) is 0 Å². The quantitative estimate of drug-likeness (QED) is 0.687. The lowest BCUT2D eigenvalue weighted by molar-refractivity contribution is 0.190. The fraction of sp³-hybridized carbons (Fsp3) is 0.375. The largest absolute Gasteiger partial charge is 0.392 e. The van der Waals surface area contributed by atoms with Gasteiger partial charge in [-0.05, 0) is 18.4 Å². The Bertz CT molecular complexity index is 259. The third kappa shape index (κ3) is 3.91. The number of hydrogen-bond donors (Lipinski definition) is 3. The SMILES string of the molecule is CC(O)CNC(=O)Nc1ccsc1. The normalized spacial score (nSPS) is 12.2. The molecule has 0 radical (unpaired) electrons. The minimum absolute atomic E-state index is 0.260. The third-order valence-corrected chi connectivity index (χ3v) is 2.02. The number of aliphatic hydroxyl groups is 1. The van der Waals surface area contributed by atoms with Crippen molar-refractivity contribution in [3.05, 3.63) is 16.8 Å². The summed E-state index contributed by atoms with van der Waals surface area (Å²) in [5.74, 6) is 0. The minimum atomic E-state index is -0.520. The predicted octanol–water partition coefficient (Wildman–Crippen LogP) is 1.25.